The molecule has 0 amide bonds. The standard InChI is InChI=1S/C16H21FN2O/c1-13-10-15(17)6-5-14(13)12-19-8-3-4-16(19)11-18-7-9-20-2/h3-6,8,10,18H,7,9,11-12H2,1-2H3. The van der Waals surface area contributed by atoms with Gasteiger partial charge in [0.25, 0.3) is 0 Å². The van der Waals surface area contributed by atoms with Crippen molar-refractivity contribution in [1.82, 2.24) is 9.88 Å². The zero-order chi connectivity index (χ0) is 14.4. The van der Waals surface area contributed by atoms with E-state index in [1.807, 2.05) is 19.1 Å². The second-order valence-electron chi connectivity index (χ2n) is 4.87. The van der Waals surface area contributed by atoms with Gasteiger partial charge < -0.3 is 14.6 Å². The summed E-state index contributed by atoms with van der Waals surface area (Å²) in [5.41, 5.74) is 3.34. The molecule has 3 nitrogen and oxygen atoms in total. The number of hydrogen-bond donors (Lipinski definition) is 1. The normalized spacial score (nSPS) is 10.9. The number of methoxy groups -OCH3 is 1. The molecule has 0 aliphatic carbocycles. The van der Waals surface area contributed by atoms with E-state index in [1.165, 1.54) is 11.8 Å². The molecule has 0 atom stereocenters. The van der Waals surface area contributed by atoms with E-state index in [0.717, 1.165) is 30.8 Å². The first kappa shape index (κ1) is 14.8. The van der Waals surface area contributed by atoms with Crippen LogP contribution in [0.5, 0.6) is 0 Å². The second kappa shape index (κ2) is 7.22. The van der Waals surface area contributed by atoms with Crippen LogP contribution >= 0.6 is 0 Å². The molecule has 2 aromatic rings. The van der Waals surface area contributed by atoms with Crippen LogP contribution in [0, 0.1) is 12.7 Å². The lowest BCUT2D eigenvalue weighted by atomic mass is 10.1. The van der Waals surface area contributed by atoms with E-state index < -0.39 is 0 Å². The van der Waals surface area contributed by atoms with Gasteiger partial charge in [0.15, 0.2) is 0 Å². The molecule has 0 saturated carbocycles. The number of aryl methyl sites for hydroxylation is 1. The fraction of sp³-hybridized carbons (Fsp3) is 0.375. The summed E-state index contributed by atoms with van der Waals surface area (Å²) in [5.74, 6) is -0.180. The van der Waals surface area contributed by atoms with Crippen LogP contribution in [0.1, 0.15) is 16.8 Å². The Labute approximate surface area is 119 Å². The van der Waals surface area contributed by atoms with E-state index in [2.05, 4.69) is 22.1 Å². The molecule has 0 unspecified atom stereocenters. The van der Waals surface area contributed by atoms with Crippen LogP contribution < -0.4 is 5.32 Å². The maximum atomic E-state index is 13.1. The molecule has 0 aliphatic rings. The smallest absolute Gasteiger partial charge is 0.123 e. The first-order valence-electron chi connectivity index (χ1n) is 6.79. The van der Waals surface area contributed by atoms with Crippen molar-refractivity contribution >= 4 is 0 Å². The number of rotatable bonds is 7. The van der Waals surface area contributed by atoms with Crippen molar-refractivity contribution in [2.45, 2.75) is 20.0 Å². The Hall–Kier alpha value is -1.65. The van der Waals surface area contributed by atoms with E-state index in [9.17, 15) is 4.39 Å². The van der Waals surface area contributed by atoms with Gasteiger partial charge >= 0.3 is 0 Å². The van der Waals surface area contributed by atoms with Gasteiger partial charge in [-0.2, -0.15) is 0 Å². The molecule has 1 aromatic carbocycles. The van der Waals surface area contributed by atoms with Gasteiger partial charge in [-0.1, -0.05) is 6.07 Å². The first-order chi connectivity index (χ1) is 9.70. The third-order valence-corrected chi connectivity index (χ3v) is 3.36. The van der Waals surface area contributed by atoms with Crippen molar-refractivity contribution in [1.29, 1.82) is 0 Å². The van der Waals surface area contributed by atoms with Crippen LogP contribution in [0.25, 0.3) is 0 Å². The van der Waals surface area contributed by atoms with Crippen LogP contribution in [-0.2, 0) is 17.8 Å². The lowest BCUT2D eigenvalue weighted by molar-refractivity contribution is 0.199. The van der Waals surface area contributed by atoms with Gasteiger partial charge in [0, 0.05) is 38.6 Å². The summed E-state index contributed by atoms with van der Waals surface area (Å²) < 4.78 is 20.3. The van der Waals surface area contributed by atoms with Crippen molar-refractivity contribution in [3.63, 3.8) is 0 Å². The number of ether oxygens (including phenoxy) is 1. The summed E-state index contributed by atoms with van der Waals surface area (Å²) in [5, 5.41) is 3.33. The minimum Gasteiger partial charge on any atom is -0.383 e. The maximum Gasteiger partial charge on any atom is 0.123 e. The molecule has 1 heterocycles. The fourth-order valence-corrected chi connectivity index (χ4v) is 2.18. The molecule has 4 heteroatoms. The molecule has 0 fully saturated rings. The molecule has 2 rings (SSSR count). The summed E-state index contributed by atoms with van der Waals surface area (Å²) in [7, 11) is 1.70. The van der Waals surface area contributed by atoms with Crippen molar-refractivity contribution in [3.05, 3.63) is 59.2 Å². The lowest BCUT2D eigenvalue weighted by Gasteiger charge is -2.12. The summed E-state index contributed by atoms with van der Waals surface area (Å²) in [4.78, 5) is 0. The molecule has 0 radical (unpaired) electrons. The molecule has 108 valence electrons. The van der Waals surface area contributed by atoms with Crippen LogP contribution in [0.4, 0.5) is 4.39 Å². The molecule has 0 aliphatic heterocycles. The van der Waals surface area contributed by atoms with Crippen molar-refractivity contribution in [2.75, 3.05) is 20.3 Å². The van der Waals surface area contributed by atoms with Gasteiger partial charge in [-0.3, -0.25) is 0 Å². The predicted molar refractivity (Wildman–Crippen MR) is 78.3 cm³/mol. The van der Waals surface area contributed by atoms with E-state index in [4.69, 9.17) is 4.74 Å². The van der Waals surface area contributed by atoms with Gasteiger partial charge in [-0.05, 0) is 42.3 Å². The topological polar surface area (TPSA) is 26.2 Å². The zero-order valence-electron chi connectivity index (χ0n) is 12.0. The molecular formula is C16H21FN2O. The minimum atomic E-state index is -0.180. The van der Waals surface area contributed by atoms with Crippen molar-refractivity contribution < 1.29 is 9.13 Å². The number of nitrogens with zero attached hydrogens (tertiary/aromatic N) is 1. The molecular weight excluding hydrogens is 255 g/mol. The number of halogens is 1. The Kier molecular flexibility index (Phi) is 5.32. The molecule has 0 bridgehead atoms. The van der Waals surface area contributed by atoms with Crippen LogP contribution in [0.3, 0.4) is 0 Å². The van der Waals surface area contributed by atoms with Gasteiger partial charge in [-0.25, -0.2) is 4.39 Å². The maximum absolute atomic E-state index is 13.1. The SMILES string of the molecule is COCCNCc1cccn1Cc1ccc(F)cc1C. The summed E-state index contributed by atoms with van der Waals surface area (Å²) in [6.45, 7) is 5.05. The van der Waals surface area contributed by atoms with E-state index in [0.29, 0.717) is 6.61 Å². The minimum absolute atomic E-state index is 0.180. The first-order valence-corrected chi connectivity index (χ1v) is 6.79. The van der Waals surface area contributed by atoms with Crippen LogP contribution in [0.2, 0.25) is 0 Å². The van der Waals surface area contributed by atoms with Crippen molar-refractivity contribution in [2.24, 2.45) is 0 Å². The Morgan fingerprint density at radius 3 is 2.90 bits per heavy atom. The highest BCUT2D eigenvalue weighted by molar-refractivity contribution is 5.27. The molecule has 0 spiro atoms. The van der Waals surface area contributed by atoms with Crippen LogP contribution in [-0.4, -0.2) is 24.8 Å². The Bertz CT molecular complexity index is 551. The van der Waals surface area contributed by atoms with E-state index >= 15 is 0 Å². The fourth-order valence-electron chi connectivity index (χ4n) is 2.18. The van der Waals surface area contributed by atoms with Gasteiger partial charge in [0.1, 0.15) is 5.82 Å². The highest BCUT2D eigenvalue weighted by atomic mass is 19.1. The van der Waals surface area contributed by atoms with E-state index in [1.54, 1.807) is 13.2 Å². The number of hydrogen-bond acceptors (Lipinski definition) is 2. The Morgan fingerprint density at radius 2 is 2.15 bits per heavy atom. The Balaban J connectivity index is 2.01. The predicted octanol–water partition coefficient (Wildman–Crippen LogP) is 2.72. The largest absolute Gasteiger partial charge is 0.383 e. The molecule has 1 aromatic heterocycles. The van der Waals surface area contributed by atoms with Gasteiger partial charge in [-0.15, -0.1) is 0 Å². The second-order valence-corrected chi connectivity index (χ2v) is 4.87. The third kappa shape index (κ3) is 3.92. The van der Waals surface area contributed by atoms with E-state index in [-0.39, 0.29) is 5.82 Å². The number of nitrogens with one attached hydrogen (secondary N) is 1. The van der Waals surface area contributed by atoms with Gasteiger partial charge in [0.05, 0.1) is 6.61 Å². The highest BCUT2D eigenvalue weighted by Gasteiger charge is 2.04. The monoisotopic (exact) mass is 276 g/mol. The number of benzene rings is 1. The third-order valence-electron chi connectivity index (χ3n) is 3.36. The lowest BCUT2D eigenvalue weighted by Crippen LogP contribution is -2.20. The molecule has 1 N–H and O–H groups in total. The summed E-state index contributed by atoms with van der Waals surface area (Å²) in [6.07, 6.45) is 2.05. The summed E-state index contributed by atoms with van der Waals surface area (Å²) >= 11 is 0. The zero-order valence-corrected chi connectivity index (χ0v) is 12.0. The Morgan fingerprint density at radius 1 is 1.30 bits per heavy atom. The number of aromatic nitrogens is 1. The molecule has 0 saturated heterocycles. The van der Waals surface area contributed by atoms with Crippen LogP contribution in [0.15, 0.2) is 36.5 Å². The van der Waals surface area contributed by atoms with Crippen molar-refractivity contribution in [3.8, 4) is 0 Å². The average molecular weight is 276 g/mol. The van der Waals surface area contributed by atoms with Gasteiger partial charge in [0.2, 0.25) is 0 Å². The summed E-state index contributed by atoms with van der Waals surface area (Å²) in [6, 6.07) is 9.08. The molecule has 20 heavy (non-hydrogen) atoms. The highest BCUT2D eigenvalue weighted by Crippen LogP contribution is 2.13. The quantitative estimate of drug-likeness (QED) is 0.787. The average Bonchev–Trinajstić information content (AvgIpc) is 2.85.